The highest BCUT2D eigenvalue weighted by atomic mass is 19.2. The van der Waals surface area contributed by atoms with E-state index < -0.39 is 11.6 Å². The molecule has 136 valence electrons. The Labute approximate surface area is 144 Å². The van der Waals surface area contributed by atoms with Crippen molar-refractivity contribution in [1.29, 1.82) is 0 Å². The molecule has 0 spiro atoms. The second-order valence-corrected chi connectivity index (χ2v) is 6.71. The van der Waals surface area contributed by atoms with Crippen LogP contribution in [0, 0.1) is 23.5 Å². The summed E-state index contributed by atoms with van der Waals surface area (Å²) in [6.45, 7) is 4.72. The largest absolute Gasteiger partial charge is 0.491 e. The van der Waals surface area contributed by atoms with Gasteiger partial charge in [-0.05, 0) is 43.7 Å². The molecule has 0 amide bonds. The molecule has 1 aromatic carbocycles. The zero-order valence-corrected chi connectivity index (χ0v) is 15.0. The Morgan fingerprint density at radius 3 is 2.08 bits per heavy atom. The molecule has 4 heteroatoms. The summed E-state index contributed by atoms with van der Waals surface area (Å²) in [5.74, 6) is -0.406. The van der Waals surface area contributed by atoms with E-state index in [0.717, 1.165) is 24.7 Å². The number of hydrogen-bond donors (Lipinski definition) is 0. The van der Waals surface area contributed by atoms with Crippen molar-refractivity contribution >= 4 is 0 Å². The van der Waals surface area contributed by atoms with Gasteiger partial charge < -0.3 is 9.47 Å². The van der Waals surface area contributed by atoms with Crippen molar-refractivity contribution in [3.8, 4) is 11.5 Å². The van der Waals surface area contributed by atoms with Gasteiger partial charge in [-0.1, -0.05) is 45.4 Å². The monoisotopic (exact) mass is 340 g/mol. The van der Waals surface area contributed by atoms with Gasteiger partial charge in [0.15, 0.2) is 11.5 Å². The van der Waals surface area contributed by atoms with Gasteiger partial charge in [-0.15, -0.1) is 0 Å². The van der Waals surface area contributed by atoms with Crippen LogP contribution in [0.4, 0.5) is 8.78 Å². The van der Waals surface area contributed by atoms with Crippen LogP contribution in [0.15, 0.2) is 12.1 Å². The molecule has 0 saturated heterocycles. The summed E-state index contributed by atoms with van der Waals surface area (Å²) < 4.78 is 38.3. The van der Waals surface area contributed by atoms with Crippen molar-refractivity contribution < 1.29 is 18.3 Å². The van der Waals surface area contributed by atoms with E-state index in [9.17, 15) is 8.78 Å². The van der Waals surface area contributed by atoms with E-state index in [2.05, 4.69) is 6.92 Å². The summed E-state index contributed by atoms with van der Waals surface area (Å²) >= 11 is 0. The van der Waals surface area contributed by atoms with Gasteiger partial charge in [0, 0.05) is 0 Å². The molecule has 0 heterocycles. The lowest BCUT2D eigenvalue weighted by molar-refractivity contribution is 0.191. The van der Waals surface area contributed by atoms with Crippen LogP contribution in [0.5, 0.6) is 11.5 Å². The van der Waals surface area contributed by atoms with Crippen LogP contribution >= 0.6 is 0 Å². The van der Waals surface area contributed by atoms with E-state index in [1.807, 2.05) is 0 Å². The molecule has 1 aromatic rings. The molecule has 0 aliphatic heterocycles. The maximum absolute atomic E-state index is 13.9. The Morgan fingerprint density at radius 2 is 1.50 bits per heavy atom. The highest BCUT2D eigenvalue weighted by Gasteiger charge is 2.24. The number of rotatable bonds is 9. The van der Waals surface area contributed by atoms with Crippen LogP contribution in [0.2, 0.25) is 0 Å². The maximum atomic E-state index is 13.9. The number of halogens is 2. The van der Waals surface area contributed by atoms with E-state index in [-0.39, 0.29) is 11.5 Å². The molecule has 0 radical (unpaired) electrons. The first-order chi connectivity index (χ1) is 11.7. The van der Waals surface area contributed by atoms with Crippen molar-refractivity contribution in [1.82, 2.24) is 0 Å². The van der Waals surface area contributed by atoms with E-state index in [4.69, 9.17) is 9.47 Å². The Balaban J connectivity index is 1.80. The molecule has 2 rings (SSSR count). The minimum atomic E-state index is -0.968. The van der Waals surface area contributed by atoms with Crippen LogP contribution in [0.25, 0.3) is 0 Å². The Kier molecular flexibility index (Phi) is 7.80. The lowest BCUT2D eigenvalue weighted by Gasteiger charge is -2.31. The quantitative estimate of drug-likeness (QED) is 0.503. The predicted molar refractivity (Wildman–Crippen MR) is 92.6 cm³/mol. The van der Waals surface area contributed by atoms with Gasteiger partial charge in [-0.25, -0.2) is 0 Å². The van der Waals surface area contributed by atoms with Crippen LogP contribution < -0.4 is 9.47 Å². The molecule has 2 unspecified atom stereocenters. The lowest BCUT2D eigenvalue weighted by atomic mass is 9.75. The van der Waals surface area contributed by atoms with Gasteiger partial charge in [0.1, 0.15) is 0 Å². The summed E-state index contributed by atoms with van der Waals surface area (Å²) in [6.07, 6.45) is 9.89. The third kappa shape index (κ3) is 5.09. The van der Waals surface area contributed by atoms with E-state index >= 15 is 0 Å². The molecule has 0 aromatic heterocycles. The minimum absolute atomic E-state index is 0.0234. The van der Waals surface area contributed by atoms with Crippen molar-refractivity contribution in [2.45, 2.75) is 65.2 Å². The maximum Gasteiger partial charge on any atom is 0.204 e. The molecule has 2 atom stereocenters. The molecule has 0 bridgehead atoms. The predicted octanol–water partition coefficient (Wildman–Crippen LogP) is 6.13. The molecule has 1 fully saturated rings. The molecule has 0 N–H and O–H groups in total. The summed E-state index contributed by atoms with van der Waals surface area (Å²) in [7, 11) is 0. The van der Waals surface area contributed by atoms with Gasteiger partial charge in [0.2, 0.25) is 11.6 Å². The van der Waals surface area contributed by atoms with Crippen LogP contribution in [0.3, 0.4) is 0 Å². The fourth-order valence-corrected chi connectivity index (χ4v) is 3.84. The Hall–Kier alpha value is -1.32. The first kappa shape index (κ1) is 19.0. The molecule has 1 aliphatic rings. The van der Waals surface area contributed by atoms with E-state index in [1.165, 1.54) is 50.7 Å². The van der Waals surface area contributed by atoms with Crippen molar-refractivity contribution in [3.05, 3.63) is 23.8 Å². The molecule has 2 nitrogen and oxygen atoms in total. The highest BCUT2D eigenvalue weighted by Crippen LogP contribution is 2.36. The van der Waals surface area contributed by atoms with Gasteiger partial charge in [0.05, 0.1) is 13.2 Å². The van der Waals surface area contributed by atoms with E-state index in [0.29, 0.717) is 13.2 Å². The summed E-state index contributed by atoms with van der Waals surface area (Å²) in [5.41, 5.74) is 0. The smallest absolute Gasteiger partial charge is 0.204 e. The SMILES string of the molecule is CCCC1CCCCC1CCCOc1ccc(OCC)c(F)c1F. The third-order valence-electron chi connectivity index (χ3n) is 5.01. The normalized spacial score (nSPS) is 20.8. The first-order valence-corrected chi connectivity index (χ1v) is 9.40. The molecule has 1 saturated carbocycles. The van der Waals surface area contributed by atoms with Crippen molar-refractivity contribution in [3.63, 3.8) is 0 Å². The summed E-state index contributed by atoms with van der Waals surface area (Å²) in [5, 5.41) is 0. The summed E-state index contributed by atoms with van der Waals surface area (Å²) in [6, 6.07) is 2.87. The standard InChI is InChI=1S/C20H30F2O2/c1-3-8-15-9-5-6-10-16(15)11-7-14-24-18-13-12-17(23-4-2)19(21)20(18)22/h12-13,15-16H,3-11,14H2,1-2H3. The second kappa shape index (κ2) is 9.85. The topological polar surface area (TPSA) is 18.5 Å². The van der Waals surface area contributed by atoms with Crippen molar-refractivity contribution in [2.75, 3.05) is 13.2 Å². The summed E-state index contributed by atoms with van der Waals surface area (Å²) in [4.78, 5) is 0. The number of benzene rings is 1. The highest BCUT2D eigenvalue weighted by molar-refractivity contribution is 5.34. The molecule has 1 aliphatic carbocycles. The van der Waals surface area contributed by atoms with E-state index in [1.54, 1.807) is 6.92 Å². The van der Waals surface area contributed by atoms with Gasteiger partial charge >= 0.3 is 0 Å². The van der Waals surface area contributed by atoms with Gasteiger partial charge in [-0.3, -0.25) is 0 Å². The van der Waals surface area contributed by atoms with Crippen molar-refractivity contribution in [2.24, 2.45) is 11.8 Å². The van der Waals surface area contributed by atoms with Gasteiger partial charge in [-0.2, -0.15) is 8.78 Å². The average molecular weight is 340 g/mol. The third-order valence-corrected chi connectivity index (χ3v) is 5.01. The zero-order valence-electron chi connectivity index (χ0n) is 15.0. The second-order valence-electron chi connectivity index (χ2n) is 6.71. The van der Waals surface area contributed by atoms with Crippen LogP contribution in [0.1, 0.15) is 65.2 Å². The Morgan fingerprint density at radius 1 is 0.917 bits per heavy atom. The first-order valence-electron chi connectivity index (χ1n) is 9.40. The Bertz CT molecular complexity index is 503. The molecular weight excluding hydrogens is 310 g/mol. The minimum Gasteiger partial charge on any atom is -0.491 e. The fourth-order valence-electron chi connectivity index (χ4n) is 3.84. The fraction of sp³-hybridized carbons (Fsp3) is 0.700. The molecular formula is C20H30F2O2. The average Bonchev–Trinajstić information content (AvgIpc) is 2.59. The number of hydrogen-bond acceptors (Lipinski definition) is 2. The lowest BCUT2D eigenvalue weighted by Crippen LogP contribution is -2.20. The van der Waals surface area contributed by atoms with Crippen LogP contribution in [-0.4, -0.2) is 13.2 Å². The number of ether oxygens (including phenoxy) is 2. The zero-order chi connectivity index (χ0) is 17.4. The molecule has 24 heavy (non-hydrogen) atoms. The van der Waals surface area contributed by atoms with Gasteiger partial charge in [0.25, 0.3) is 0 Å². The van der Waals surface area contributed by atoms with Crippen LogP contribution in [-0.2, 0) is 0 Å².